The SMILES string of the molecule is C=C(SC(C)(C)C)c1ccccc1N(C)CC1=CC=C(Cl)CC1. The molecule has 0 bridgehead atoms. The van der Waals surface area contributed by atoms with E-state index in [9.17, 15) is 0 Å². The van der Waals surface area contributed by atoms with Crippen molar-refractivity contribution in [1.82, 2.24) is 0 Å². The fourth-order valence-corrected chi connectivity index (χ4v) is 3.82. The van der Waals surface area contributed by atoms with Crippen molar-refractivity contribution in [3.05, 3.63) is 59.2 Å². The van der Waals surface area contributed by atoms with Gasteiger partial charge >= 0.3 is 0 Å². The summed E-state index contributed by atoms with van der Waals surface area (Å²) in [5, 5.41) is 0.951. The van der Waals surface area contributed by atoms with E-state index in [0.29, 0.717) is 0 Å². The average Bonchev–Trinajstić information content (AvgIpc) is 2.48. The van der Waals surface area contributed by atoms with Crippen LogP contribution in [0.3, 0.4) is 0 Å². The number of benzene rings is 1. The van der Waals surface area contributed by atoms with Gasteiger partial charge in [-0.1, -0.05) is 68.8 Å². The zero-order valence-corrected chi connectivity index (χ0v) is 16.1. The molecule has 0 saturated heterocycles. The number of nitrogens with zero attached hydrogens (tertiary/aromatic N) is 1. The van der Waals surface area contributed by atoms with E-state index in [1.807, 2.05) is 17.8 Å². The molecule has 0 heterocycles. The van der Waals surface area contributed by atoms with E-state index < -0.39 is 0 Å². The maximum Gasteiger partial charge on any atom is 0.0451 e. The van der Waals surface area contributed by atoms with Crippen LogP contribution in [0.2, 0.25) is 0 Å². The highest BCUT2D eigenvalue weighted by molar-refractivity contribution is 8.09. The third kappa shape index (κ3) is 5.47. The summed E-state index contributed by atoms with van der Waals surface area (Å²) >= 11 is 7.88. The van der Waals surface area contributed by atoms with Crippen molar-refractivity contribution >= 4 is 34.0 Å². The van der Waals surface area contributed by atoms with Crippen molar-refractivity contribution in [2.75, 3.05) is 18.5 Å². The smallest absolute Gasteiger partial charge is 0.0451 e. The van der Waals surface area contributed by atoms with Crippen LogP contribution < -0.4 is 4.90 Å². The van der Waals surface area contributed by atoms with E-state index in [2.05, 4.69) is 69.6 Å². The van der Waals surface area contributed by atoms with E-state index in [1.54, 1.807) is 0 Å². The van der Waals surface area contributed by atoms with Gasteiger partial charge in [-0.05, 0) is 25.0 Å². The monoisotopic (exact) mass is 347 g/mol. The molecule has 0 unspecified atom stereocenters. The lowest BCUT2D eigenvalue weighted by atomic mass is 10.0. The second kappa shape index (κ2) is 7.63. The van der Waals surface area contributed by atoms with Crippen LogP contribution in [0.1, 0.15) is 39.2 Å². The van der Waals surface area contributed by atoms with Gasteiger partial charge in [0.25, 0.3) is 0 Å². The van der Waals surface area contributed by atoms with Crippen molar-refractivity contribution in [2.45, 2.75) is 38.4 Å². The van der Waals surface area contributed by atoms with Gasteiger partial charge in [0.15, 0.2) is 0 Å². The van der Waals surface area contributed by atoms with E-state index in [-0.39, 0.29) is 4.75 Å². The van der Waals surface area contributed by atoms with Crippen molar-refractivity contribution in [3.8, 4) is 0 Å². The number of rotatable bonds is 5. The van der Waals surface area contributed by atoms with Gasteiger partial charge in [-0.15, -0.1) is 11.8 Å². The molecule has 3 heteroatoms. The van der Waals surface area contributed by atoms with Crippen LogP contribution in [0.15, 0.2) is 53.6 Å². The molecule has 2 rings (SSSR count). The first-order valence-corrected chi connectivity index (χ1v) is 9.18. The maximum atomic E-state index is 6.05. The second-order valence-corrected chi connectivity index (χ2v) is 9.36. The molecule has 1 nitrogen and oxygen atoms in total. The van der Waals surface area contributed by atoms with Crippen LogP contribution in [-0.2, 0) is 0 Å². The van der Waals surface area contributed by atoms with Gasteiger partial charge in [-0.25, -0.2) is 0 Å². The molecule has 0 fully saturated rings. The molecule has 1 aromatic rings. The minimum Gasteiger partial charge on any atom is -0.370 e. The average molecular weight is 348 g/mol. The fourth-order valence-electron chi connectivity index (χ4n) is 2.64. The Labute approximate surface area is 150 Å². The van der Waals surface area contributed by atoms with E-state index in [0.717, 1.165) is 29.3 Å². The summed E-state index contributed by atoms with van der Waals surface area (Å²) in [5.74, 6) is 0. The number of para-hydroxylation sites is 1. The summed E-state index contributed by atoms with van der Waals surface area (Å²) in [7, 11) is 2.15. The van der Waals surface area contributed by atoms with Gasteiger partial charge in [0.1, 0.15) is 0 Å². The van der Waals surface area contributed by atoms with Crippen LogP contribution >= 0.6 is 23.4 Å². The Morgan fingerprint density at radius 3 is 2.52 bits per heavy atom. The quantitative estimate of drug-likeness (QED) is 0.600. The number of allylic oxidation sites excluding steroid dienone is 3. The van der Waals surface area contributed by atoms with Gasteiger partial charge < -0.3 is 4.90 Å². The lowest BCUT2D eigenvalue weighted by molar-refractivity contribution is 0.808. The summed E-state index contributed by atoms with van der Waals surface area (Å²) in [5.41, 5.74) is 3.87. The molecular weight excluding hydrogens is 322 g/mol. The van der Waals surface area contributed by atoms with Crippen molar-refractivity contribution in [3.63, 3.8) is 0 Å². The van der Waals surface area contributed by atoms with Gasteiger partial charge in [0, 0.05) is 39.5 Å². The number of likely N-dealkylation sites (N-methyl/N-ethyl adjacent to an activating group) is 1. The largest absolute Gasteiger partial charge is 0.370 e. The minimum absolute atomic E-state index is 0.163. The highest BCUT2D eigenvalue weighted by Crippen LogP contribution is 2.39. The number of hydrogen-bond acceptors (Lipinski definition) is 2. The molecule has 0 atom stereocenters. The molecule has 1 aromatic carbocycles. The predicted octanol–water partition coefficient (Wildman–Crippen LogP) is 6.47. The van der Waals surface area contributed by atoms with Gasteiger partial charge in [0.2, 0.25) is 0 Å². The molecule has 0 radical (unpaired) electrons. The van der Waals surface area contributed by atoms with Crippen LogP contribution in [0.25, 0.3) is 4.91 Å². The summed E-state index contributed by atoms with van der Waals surface area (Å²) in [6, 6.07) is 8.52. The van der Waals surface area contributed by atoms with Crippen molar-refractivity contribution < 1.29 is 0 Å². The van der Waals surface area contributed by atoms with E-state index in [4.69, 9.17) is 11.6 Å². The summed E-state index contributed by atoms with van der Waals surface area (Å²) in [6.07, 6.45) is 6.17. The number of halogens is 1. The number of hydrogen-bond donors (Lipinski definition) is 0. The molecule has 0 N–H and O–H groups in total. The third-order valence-corrected chi connectivity index (χ3v) is 5.06. The van der Waals surface area contributed by atoms with Gasteiger partial charge in [-0.3, -0.25) is 0 Å². The highest BCUT2D eigenvalue weighted by atomic mass is 35.5. The Hall–Kier alpha value is -1.12. The normalized spacial score (nSPS) is 15.0. The molecule has 1 aliphatic carbocycles. The zero-order chi connectivity index (χ0) is 17.0. The number of thioether (sulfide) groups is 1. The Kier molecular flexibility index (Phi) is 6.05. The van der Waals surface area contributed by atoms with Crippen LogP contribution in [0.5, 0.6) is 0 Å². The van der Waals surface area contributed by atoms with Crippen molar-refractivity contribution in [1.29, 1.82) is 0 Å². The summed E-state index contributed by atoms with van der Waals surface area (Å²) < 4.78 is 0.163. The molecule has 0 amide bonds. The zero-order valence-electron chi connectivity index (χ0n) is 14.5. The lowest BCUT2D eigenvalue weighted by Gasteiger charge is -2.27. The first-order valence-electron chi connectivity index (χ1n) is 7.99. The molecule has 0 aliphatic heterocycles. The second-order valence-electron chi connectivity index (χ2n) is 6.95. The van der Waals surface area contributed by atoms with Crippen LogP contribution in [-0.4, -0.2) is 18.3 Å². The molecule has 124 valence electrons. The Morgan fingerprint density at radius 2 is 1.91 bits per heavy atom. The Balaban J connectivity index is 2.18. The third-order valence-electron chi connectivity index (χ3n) is 3.67. The predicted molar refractivity (Wildman–Crippen MR) is 107 cm³/mol. The van der Waals surface area contributed by atoms with Gasteiger partial charge in [-0.2, -0.15) is 0 Å². The topological polar surface area (TPSA) is 3.24 Å². The molecule has 1 aliphatic rings. The molecule has 0 spiro atoms. The standard InChI is InChI=1S/C20H26ClNS/c1-15(23-20(2,3)4)18-8-6-7-9-19(18)22(5)14-16-10-12-17(21)13-11-16/h6-10,12H,1,11,13-14H2,2-5H3. The minimum atomic E-state index is 0.163. The highest BCUT2D eigenvalue weighted by Gasteiger charge is 2.17. The maximum absolute atomic E-state index is 6.05. The molecule has 23 heavy (non-hydrogen) atoms. The summed E-state index contributed by atoms with van der Waals surface area (Å²) in [6.45, 7) is 11.9. The summed E-state index contributed by atoms with van der Waals surface area (Å²) in [4.78, 5) is 3.43. The molecule has 0 saturated carbocycles. The van der Waals surface area contributed by atoms with E-state index >= 15 is 0 Å². The Morgan fingerprint density at radius 1 is 1.22 bits per heavy atom. The lowest BCUT2D eigenvalue weighted by Crippen LogP contribution is -2.22. The Bertz CT molecular complexity index is 637. The molecule has 0 aromatic heterocycles. The van der Waals surface area contributed by atoms with Gasteiger partial charge in [0.05, 0.1) is 0 Å². The first-order chi connectivity index (χ1) is 10.8. The molecular formula is C20H26ClNS. The fraction of sp³-hybridized carbons (Fsp3) is 0.400. The van der Waals surface area contributed by atoms with Crippen molar-refractivity contribution in [2.24, 2.45) is 0 Å². The van der Waals surface area contributed by atoms with Crippen LogP contribution in [0.4, 0.5) is 5.69 Å². The first kappa shape index (κ1) is 18.2. The van der Waals surface area contributed by atoms with Crippen LogP contribution in [0, 0.1) is 0 Å². The number of anilines is 1. The van der Waals surface area contributed by atoms with E-state index in [1.165, 1.54) is 16.8 Å².